The van der Waals surface area contributed by atoms with E-state index in [1.807, 2.05) is 0 Å². The first-order valence-electron chi connectivity index (χ1n) is 4.65. The Morgan fingerprint density at radius 3 is 2.56 bits per heavy atom. The predicted molar refractivity (Wildman–Crippen MR) is 56.4 cm³/mol. The number of aromatic nitrogens is 3. The Morgan fingerprint density at radius 1 is 1.11 bits per heavy atom. The lowest BCUT2D eigenvalue weighted by molar-refractivity contribution is -0.141. The molecule has 0 aliphatic heterocycles. The highest BCUT2D eigenvalue weighted by Crippen LogP contribution is 2.30. The van der Waals surface area contributed by atoms with Crippen LogP contribution in [-0.2, 0) is 6.18 Å². The molecule has 0 saturated carbocycles. The van der Waals surface area contributed by atoms with Gasteiger partial charge in [-0.1, -0.05) is 11.6 Å². The zero-order valence-corrected chi connectivity index (χ0v) is 9.40. The lowest BCUT2D eigenvalue weighted by Crippen LogP contribution is -2.09. The molecule has 94 valence electrons. The number of hydrogen-bond acceptors (Lipinski definition) is 4. The van der Waals surface area contributed by atoms with Crippen LogP contribution in [-0.4, -0.2) is 15.0 Å². The van der Waals surface area contributed by atoms with Gasteiger partial charge in [-0.3, -0.25) is 0 Å². The monoisotopic (exact) mass is 275 g/mol. The Hall–Kier alpha value is -1.89. The van der Waals surface area contributed by atoms with Crippen molar-refractivity contribution >= 4 is 11.6 Å². The summed E-state index contributed by atoms with van der Waals surface area (Å²) in [7, 11) is 0. The zero-order valence-electron chi connectivity index (χ0n) is 8.65. The average Bonchev–Trinajstić information content (AvgIpc) is 2.31. The van der Waals surface area contributed by atoms with Crippen molar-refractivity contribution in [1.82, 2.24) is 15.0 Å². The van der Waals surface area contributed by atoms with Gasteiger partial charge in [0.15, 0.2) is 16.6 Å². The number of pyridine rings is 1. The van der Waals surface area contributed by atoms with Crippen LogP contribution in [0.15, 0.2) is 30.6 Å². The van der Waals surface area contributed by atoms with Crippen LogP contribution in [0, 0.1) is 0 Å². The van der Waals surface area contributed by atoms with Crippen molar-refractivity contribution in [2.24, 2.45) is 0 Å². The van der Waals surface area contributed by atoms with Crippen molar-refractivity contribution in [2.75, 3.05) is 0 Å². The van der Waals surface area contributed by atoms with Gasteiger partial charge in [-0.15, -0.1) is 0 Å². The summed E-state index contributed by atoms with van der Waals surface area (Å²) in [6, 6.07) is 3.27. The van der Waals surface area contributed by atoms with Crippen LogP contribution in [0.5, 0.6) is 11.8 Å². The van der Waals surface area contributed by atoms with Gasteiger partial charge in [0.25, 0.3) is 0 Å². The van der Waals surface area contributed by atoms with E-state index in [4.69, 9.17) is 16.3 Å². The number of hydrogen-bond donors (Lipinski definition) is 0. The Morgan fingerprint density at radius 2 is 1.89 bits per heavy atom. The molecule has 0 aliphatic carbocycles. The molecule has 2 aromatic rings. The molecule has 0 aliphatic rings. The highest BCUT2D eigenvalue weighted by atomic mass is 35.5. The fraction of sp³-hybridized carbons (Fsp3) is 0.100. The Kier molecular flexibility index (Phi) is 3.33. The van der Waals surface area contributed by atoms with Gasteiger partial charge in [-0.05, 0) is 18.2 Å². The smallest absolute Gasteiger partial charge is 0.421 e. The second kappa shape index (κ2) is 4.77. The third-order valence-electron chi connectivity index (χ3n) is 1.85. The van der Waals surface area contributed by atoms with E-state index >= 15 is 0 Å². The van der Waals surface area contributed by atoms with E-state index in [0.717, 1.165) is 12.3 Å². The van der Waals surface area contributed by atoms with E-state index in [2.05, 4.69) is 15.0 Å². The van der Waals surface area contributed by atoms with Crippen molar-refractivity contribution in [2.45, 2.75) is 6.18 Å². The molecule has 0 radical (unpaired) electrons. The number of alkyl halides is 3. The minimum atomic E-state index is -4.56. The number of rotatable bonds is 2. The summed E-state index contributed by atoms with van der Waals surface area (Å²) in [5.41, 5.74) is -1.09. The summed E-state index contributed by atoms with van der Waals surface area (Å²) in [5, 5.41) is 0.0125. The van der Waals surface area contributed by atoms with Crippen molar-refractivity contribution in [3.8, 4) is 11.8 Å². The molecule has 0 N–H and O–H groups in total. The van der Waals surface area contributed by atoms with Crippen molar-refractivity contribution < 1.29 is 17.9 Å². The lowest BCUT2D eigenvalue weighted by atomic mass is 10.4. The van der Waals surface area contributed by atoms with E-state index in [9.17, 15) is 13.2 Å². The maximum absolute atomic E-state index is 12.4. The first-order valence-corrected chi connectivity index (χ1v) is 5.03. The molecule has 0 atom stereocenters. The molecular weight excluding hydrogens is 271 g/mol. The fourth-order valence-corrected chi connectivity index (χ4v) is 1.25. The molecule has 0 unspecified atom stereocenters. The van der Waals surface area contributed by atoms with Crippen molar-refractivity contribution in [3.05, 3.63) is 41.4 Å². The molecule has 8 heteroatoms. The zero-order chi connectivity index (χ0) is 13.2. The molecule has 0 bridgehead atoms. The third-order valence-corrected chi connectivity index (χ3v) is 2.13. The second-order valence-corrected chi connectivity index (χ2v) is 3.47. The number of ether oxygens (including phenoxy) is 1. The maximum Gasteiger partial charge on any atom is 0.433 e. The Balaban J connectivity index is 2.28. The summed E-state index contributed by atoms with van der Waals surface area (Å²) in [6.45, 7) is 0. The first-order chi connectivity index (χ1) is 8.47. The van der Waals surface area contributed by atoms with Crippen LogP contribution in [0.4, 0.5) is 13.2 Å². The van der Waals surface area contributed by atoms with Crippen LogP contribution in [0.1, 0.15) is 5.69 Å². The van der Waals surface area contributed by atoms with Gasteiger partial charge >= 0.3 is 12.2 Å². The van der Waals surface area contributed by atoms with Gasteiger partial charge in [0.1, 0.15) is 0 Å². The molecule has 2 rings (SSSR count). The van der Waals surface area contributed by atoms with Crippen molar-refractivity contribution in [3.63, 3.8) is 0 Å². The van der Waals surface area contributed by atoms with Gasteiger partial charge in [0.2, 0.25) is 0 Å². The van der Waals surface area contributed by atoms with Crippen LogP contribution in [0.25, 0.3) is 0 Å². The highest BCUT2D eigenvalue weighted by Gasteiger charge is 2.33. The average molecular weight is 276 g/mol. The summed E-state index contributed by atoms with van der Waals surface area (Å²) in [4.78, 5) is 10.5. The van der Waals surface area contributed by atoms with Crippen LogP contribution < -0.4 is 4.74 Å². The molecule has 2 heterocycles. The molecule has 0 amide bonds. The second-order valence-electron chi connectivity index (χ2n) is 3.12. The Bertz CT molecular complexity index is 562. The van der Waals surface area contributed by atoms with Gasteiger partial charge in [-0.25, -0.2) is 9.97 Å². The van der Waals surface area contributed by atoms with E-state index in [0.29, 0.717) is 0 Å². The molecular formula is C10H5ClF3N3O. The summed E-state index contributed by atoms with van der Waals surface area (Å²) >= 11 is 5.69. The third kappa shape index (κ3) is 2.86. The quantitative estimate of drug-likeness (QED) is 0.789. The largest absolute Gasteiger partial charge is 0.433 e. The lowest BCUT2D eigenvalue weighted by Gasteiger charge is -2.08. The van der Waals surface area contributed by atoms with Gasteiger partial charge < -0.3 is 4.74 Å². The first kappa shape index (κ1) is 12.6. The SMILES string of the molecule is FC(F)(F)c1ccnc(Oc2cccnc2Cl)n1. The normalized spacial score (nSPS) is 11.3. The number of halogens is 4. The summed E-state index contributed by atoms with van der Waals surface area (Å²) < 4.78 is 42.2. The maximum atomic E-state index is 12.4. The minimum absolute atomic E-state index is 0.0125. The Labute approximate surface area is 104 Å². The molecule has 0 spiro atoms. The van der Waals surface area contributed by atoms with E-state index in [1.54, 1.807) is 0 Å². The predicted octanol–water partition coefficient (Wildman–Crippen LogP) is 3.34. The van der Waals surface area contributed by atoms with Gasteiger partial charge in [0.05, 0.1) is 0 Å². The van der Waals surface area contributed by atoms with Crippen LogP contribution in [0.2, 0.25) is 5.15 Å². The van der Waals surface area contributed by atoms with Crippen LogP contribution >= 0.6 is 11.6 Å². The molecule has 0 saturated heterocycles. The van der Waals surface area contributed by atoms with Gasteiger partial charge in [-0.2, -0.15) is 18.2 Å². The molecule has 0 aromatic carbocycles. The van der Waals surface area contributed by atoms with Crippen molar-refractivity contribution in [1.29, 1.82) is 0 Å². The highest BCUT2D eigenvalue weighted by molar-refractivity contribution is 6.30. The molecule has 2 aromatic heterocycles. The standard InChI is InChI=1S/C10H5ClF3N3O/c11-8-6(2-1-4-15-8)18-9-16-5-3-7(17-9)10(12,13)14/h1-5H. The molecule has 0 fully saturated rings. The van der Waals surface area contributed by atoms with E-state index < -0.39 is 17.9 Å². The fourth-order valence-electron chi connectivity index (χ4n) is 1.09. The molecule has 4 nitrogen and oxygen atoms in total. The van der Waals surface area contributed by atoms with Crippen LogP contribution in [0.3, 0.4) is 0 Å². The minimum Gasteiger partial charge on any atom is -0.421 e. The number of nitrogens with zero attached hydrogens (tertiary/aromatic N) is 3. The summed E-state index contributed by atoms with van der Waals surface area (Å²) in [5.74, 6) is 0.0819. The van der Waals surface area contributed by atoms with Gasteiger partial charge in [0, 0.05) is 12.4 Å². The van der Waals surface area contributed by atoms with E-state index in [1.165, 1.54) is 18.3 Å². The summed E-state index contributed by atoms with van der Waals surface area (Å²) in [6.07, 6.45) is -2.18. The van der Waals surface area contributed by atoms with E-state index in [-0.39, 0.29) is 10.9 Å². The topological polar surface area (TPSA) is 47.9 Å². The molecule has 18 heavy (non-hydrogen) atoms.